The quantitative estimate of drug-likeness (QED) is 0.213. The van der Waals surface area contributed by atoms with E-state index in [0.717, 1.165) is 23.5 Å². The third-order valence-corrected chi connectivity index (χ3v) is 7.10. The van der Waals surface area contributed by atoms with Crippen LogP contribution in [0.3, 0.4) is 0 Å². The Morgan fingerprint density at radius 2 is 1.68 bits per heavy atom. The normalized spacial score (nSPS) is 11.7. The summed E-state index contributed by atoms with van der Waals surface area (Å²) < 4.78 is 13.1. The molecule has 1 heterocycles. The minimum Gasteiger partial charge on any atom is -0.497 e. The number of carbonyl (C=O) groups is 1. The smallest absolute Gasteiger partial charge is 0.234 e. The Balaban J connectivity index is 1.47. The fourth-order valence-corrected chi connectivity index (χ4v) is 4.51. The number of rotatable bonds is 11. The van der Waals surface area contributed by atoms with E-state index in [9.17, 15) is 4.79 Å². The Bertz CT molecular complexity index is 1310. The number of ether oxygens (including phenoxy) is 2. The molecule has 0 radical (unpaired) electrons. The first-order valence-electron chi connectivity index (χ1n) is 12.0. The van der Waals surface area contributed by atoms with Crippen molar-refractivity contribution in [3.63, 3.8) is 0 Å². The Labute approximate surface area is 226 Å². The van der Waals surface area contributed by atoms with Gasteiger partial charge < -0.3 is 14.8 Å². The largest absolute Gasteiger partial charge is 0.497 e. The zero-order valence-corrected chi connectivity index (χ0v) is 22.6. The van der Waals surface area contributed by atoms with E-state index in [1.807, 2.05) is 41.0 Å². The van der Waals surface area contributed by atoms with Gasteiger partial charge in [0.25, 0.3) is 0 Å². The first-order chi connectivity index (χ1) is 18.0. The first kappa shape index (κ1) is 26.6. The Morgan fingerprint density at radius 1 is 1.00 bits per heavy atom. The number of hydrogen-bond donors (Lipinski definition) is 1. The summed E-state index contributed by atoms with van der Waals surface area (Å²) in [6, 6.07) is 22.7. The number of thioether (sulfide) groups is 1. The third-order valence-electron chi connectivity index (χ3n) is 5.92. The predicted octanol–water partition coefficient (Wildman–Crippen LogP) is 6.75. The zero-order chi connectivity index (χ0) is 26.2. The van der Waals surface area contributed by atoms with Gasteiger partial charge in [-0.05, 0) is 78.6 Å². The highest BCUT2D eigenvalue weighted by Crippen LogP contribution is 2.26. The molecule has 0 fully saturated rings. The summed E-state index contributed by atoms with van der Waals surface area (Å²) in [5.74, 6) is 2.56. The van der Waals surface area contributed by atoms with Gasteiger partial charge in [0, 0.05) is 16.4 Å². The summed E-state index contributed by atoms with van der Waals surface area (Å²) >= 11 is 7.28. The van der Waals surface area contributed by atoms with E-state index in [4.69, 9.17) is 21.1 Å². The van der Waals surface area contributed by atoms with Crippen molar-refractivity contribution in [3.05, 3.63) is 89.2 Å². The van der Waals surface area contributed by atoms with Crippen LogP contribution >= 0.6 is 23.4 Å². The van der Waals surface area contributed by atoms with Crippen LogP contribution in [0.25, 0.3) is 5.69 Å². The van der Waals surface area contributed by atoms with E-state index >= 15 is 0 Å². The van der Waals surface area contributed by atoms with Gasteiger partial charge in [-0.2, -0.15) is 0 Å². The molecule has 1 aromatic heterocycles. The van der Waals surface area contributed by atoms with Crippen LogP contribution in [0.15, 0.2) is 78.0 Å². The molecule has 9 heteroatoms. The van der Waals surface area contributed by atoms with Crippen molar-refractivity contribution in [1.29, 1.82) is 0 Å². The number of benzene rings is 3. The van der Waals surface area contributed by atoms with Gasteiger partial charge in [0.05, 0.1) is 12.9 Å². The highest BCUT2D eigenvalue weighted by molar-refractivity contribution is 7.99. The summed E-state index contributed by atoms with van der Waals surface area (Å²) in [4.78, 5) is 12.7. The highest BCUT2D eigenvalue weighted by atomic mass is 35.5. The number of nitrogens with zero attached hydrogens (tertiary/aromatic N) is 3. The second kappa shape index (κ2) is 12.7. The van der Waals surface area contributed by atoms with E-state index in [0.29, 0.717) is 27.7 Å². The van der Waals surface area contributed by atoms with E-state index < -0.39 is 0 Å². The number of anilines is 1. The number of hydrogen-bond acceptors (Lipinski definition) is 6. The molecule has 3 aromatic carbocycles. The molecule has 4 rings (SSSR count). The van der Waals surface area contributed by atoms with Gasteiger partial charge in [0.1, 0.15) is 18.1 Å². The monoisotopic (exact) mass is 536 g/mol. The van der Waals surface area contributed by atoms with Gasteiger partial charge in [-0.15, -0.1) is 10.2 Å². The number of carbonyl (C=O) groups excluding carboxylic acids is 1. The van der Waals surface area contributed by atoms with Crippen molar-refractivity contribution in [3.8, 4) is 17.2 Å². The van der Waals surface area contributed by atoms with Crippen molar-refractivity contribution < 1.29 is 14.3 Å². The molecule has 0 saturated carbocycles. The molecule has 0 spiro atoms. The fourth-order valence-electron chi connectivity index (χ4n) is 3.61. The van der Waals surface area contributed by atoms with Crippen LogP contribution in [0.4, 0.5) is 5.69 Å². The number of methoxy groups -OCH3 is 1. The second-order valence-electron chi connectivity index (χ2n) is 8.44. The number of aromatic nitrogens is 3. The molecule has 0 unspecified atom stereocenters. The maximum absolute atomic E-state index is 12.7. The molecule has 0 aliphatic rings. The van der Waals surface area contributed by atoms with Crippen LogP contribution in [-0.4, -0.2) is 33.5 Å². The predicted molar refractivity (Wildman–Crippen MR) is 148 cm³/mol. The molecular weight excluding hydrogens is 508 g/mol. The van der Waals surface area contributed by atoms with Gasteiger partial charge in [0.15, 0.2) is 11.0 Å². The molecule has 0 saturated heterocycles. The van der Waals surface area contributed by atoms with E-state index in [-0.39, 0.29) is 18.3 Å². The minimum atomic E-state index is -0.121. The zero-order valence-electron chi connectivity index (χ0n) is 21.0. The van der Waals surface area contributed by atoms with Gasteiger partial charge in [-0.25, -0.2) is 0 Å². The molecule has 192 valence electrons. The maximum atomic E-state index is 12.7. The summed E-state index contributed by atoms with van der Waals surface area (Å²) in [5.41, 5.74) is 2.87. The van der Waals surface area contributed by atoms with E-state index in [2.05, 4.69) is 41.5 Å². The minimum absolute atomic E-state index is 0.121. The van der Waals surface area contributed by atoms with Crippen LogP contribution in [-0.2, 0) is 11.4 Å². The van der Waals surface area contributed by atoms with Crippen LogP contribution < -0.4 is 14.8 Å². The molecule has 1 amide bonds. The van der Waals surface area contributed by atoms with Crippen LogP contribution in [0.1, 0.15) is 37.6 Å². The van der Waals surface area contributed by atoms with E-state index in [1.54, 1.807) is 31.4 Å². The summed E-state index contributed by atoms with van der Waals surface area (Å²) in [7, 11) is 1.62. The first-order valence-corrected chi connectivity index (χ1v) is 13.3. The van der Waals surface area contributed by atoms with Gasteiger partial charge >= 0.3 is 0 Å². The van der Waals surface area contributed by atoms with Gasteiger partial charge in [-0.3, -0.25) is 9.36 Å². The molecule has 1 atom stereocenters. The van der Waals surface area contributed by atoms with Crippen molar-refractivity contribution in [2.75, 3.05) is 18.2 Å². The van der Waals surface area contributed by atoms with Crippen LogP contribution in [0.5, 0.6) is 11.5 Å². The third kappa shape index (κ3) is 7.05. The van der Waals surface area contributed by atoms with Crippen molar-refractivity contribution >= 4 is 35.0 Å². The molecule has 7 nitrogen and oxygen atoms in total. The maximum Gasteiger partial charge on any atom is 0.234 e. The lowest BCUT2D eigenvalue weighted by Gasteiger charge is -2.12. The second-order valence-corrected chi connectivity index (χ2v) is 9.82. The van der Waals surface area contributed by atoms with E-state index in [1.165, 1.54) is 17.3 Å². The van der Waals surface area contributed by atoms with Crippen molar-refractivity contribution in [2.45, 2.75) is 37.9 Å². The molecule has 4 aromatic rings. The average molecular weight is 537 g/mol. The summed E-state index contributed by atoms with van der Waals surface area (Å²) in [6.45, 7) is 4.55. The van der Waals surface area contributed by atoms with Crippen molar-refractivity contribution in [1.82, 2.24) is 14.8 Å². The molecule has 0 aliphatic carbocycles. The summed E-state index contributed by atoms with van der Waals surface area (Å²) in [6.07, 6.45) is 1.07. The molecule has 1 N–H and O–H groups in total. The Kier molecular flexibility index (Phi) is 9.09. The van der Waals surface area contributed by atoms with Gasteiger partial charge in [0.2, 0.25) is 5.91 Å². The molecule has 37 heavy (non-hydrogen) atoms. The van der Waals surface area contributed by atoms with Crippen LogP contribution in [0, 0.1) is 0 Å². The number of nitrogens with one attached hydrogen (secondary N) is 1. The SMILES string of the molecule is CC[C@H](C)c1ccc(NC(=O)CSc2nnc(COc3ccc(Cl)cc3)n2-c2ccc(OC)cc2)cc1. The number of amides is 1. The average Bonchev–Trinajstić information content (AvgIpc) is 3.34. The van der Waals surface area contributed by atoms with Crippen molar-refractivity contribution in [2.24, 2.45) is 0 Å². The lowest BCUT2D eigenvalue weighted by molar-refractivity contribution is -0.113. The fraction of sp³-hybridized carbons (Fsp3) is 0.250. The highest BCUT2D eigenvalue weighted by Gasteiger charge is 2.17. The Hall–Kier alpha value is -3.49. The molecule has 0 aliphatic heterocycles. The molecular formula is C28H29ClN4O3S. The standard InChI is InChI=1S/C28H29ClN4O3S/c1-4-19(2)20-5-9-22(10-6-20)30-27(34)18-37-28-32-31-26(17-36-25-13-7-21(29)8-14-25)33(28)23-11-15-24(35-3)16-12-23/h5-16,19H,4,17-18H2,1-3H3,(H,30,34)/t19-/m0/s1. The lowest BCUT2D eigenvalue weighted by atomic mass is 9.99. The Morgan fingerprint density at radius 3 is 2.32 bits per heavy atom. The van der Waals surface area contributed by atoms with Gasteiger partial charge in [-0.1, -0.05) is 49.3 Å². The lowest BCUT2D eigenvalue weighted by Crippen LogP contribution is -2.15. The van der Waals surface area contributed by atoms with Crippen LogP contribution in [0.2, 0.25) is 5.02 Å². The summed E-state index contributed by atoms with van der Waals surface area (Å²) in [5, 5.41) is 12.9. The number of halogens is 1. The molecule has 0 bridgehead atoms. The topological polar surface area (TPSA) is 78.3 Å².